The summed E-state index contributed by atoms with van der Waals surface area (Å²) in [7, 11) is 0. The van der Waals surface area contributed by atoms with Gasteiger partial charge in [0.15, 0.2) is 0 Å². The van der Waals surface area contributed by atoms with Crippen molar-refractivity contribution in [3.63, 3.8) is 0 Å². The molecule has 1 rings (SSSR count). The number of hydrogen-bond donors (Lipinski definition) is 1. The Kier molecular flexibility index (Phi) is 7.41. The Morgan fingerprint density at radius 2 is 1.56 bits per heavy atom. The average molecular weight is 283 g/mol. The van der Waals surface area contributed by atoms with Gasteiger partial charge in [0.2, 0.25) is 0 Å². The molecule has 0 saturated carbocycles. The summed E-state index contributed by atoms with van der Waals surface area (Å²) in [5.74, 6) is 0.672. The zero-order valence-electron chi connectivity index (χ0n) is 9.54. The van der Waals surface area contributed by atoms with Crippen molar-refractivity contribution in [3.05, 3.63) is 33.8 Å². The van der Waals surface area contributed by atoms with Crippen LogP contribution in [-0.2, 0) is 0 Å². The average Bonchev–Trinajstić information content (AvgIpc) is 2.12. The lowest BCUT2D eigenvalue weighted by atomic mass is 9.98. The second-order valence-corrected chi connectivity index (χ2v) is 5.15. The van der Waals surface area contributed by atoms with Crippen molar-refractivity contribution in [3.8, 4) is 0 Å². The van der Waals surface area contributed by atoms with E-state index in [0.717, 1.165) is 18.4 Å². The van der Waals surface area contributed by atoms with Crippen LogP contribution >= 0.6 is 35.6 Å². The number of hydrogen-bond acceptors (Lipinski definition) is 1. The van der Waals surface area contributed by atoms with Crippen molar-refractivity contribution in [1.82, 2.24) is 0 Å². The highest BCUT2D eigenvalue weighted by Gasteiger charge is 2.08. The number of benzene rings is 1. The molecule has 0 aliphatic heterocycles. The van der Waals surface area contributed by atoms with Gasteiger partial charge in [-0.1, -0.05) is 37.0 Å². The van der Waals surface area contributed by atoms with Crippen LogP contribution in [0.1, 0.15) is 38.3 Å². The molecule has 1 aromatic carbocycles. The van der Waals surface area contributed by atoms with Gasteiger partial charge >= 0.3 is 0 Å². The van der Waals surface area contributed by atoms with Crippen molar-refractivity contribution in [2.24, 2.45) is 11.7 Å². The van der Waals surface area contributed by atoms with Gasteiger partial charge in [-0.2, -0.15) is 0 Å². The van der Waals surface area contributed by atoms with Gasteiger partial charge < -0.3 is 5.73 Å². The summed E-state index contributed by atoms with van der Waals surface area (Å²) in [6.07, 6.45) is 2.08. The Morgan fingerprint density at radius 3 is 2.00 bits per heavy atom. The maximum absolute atomic E-state index is 6.06. The molecule has 1 aromatic rings. The lowest BCUT2D eigenvalue weighted by Crippen LogP contribution is -2.11. The Hall–Kier alpha value is 0.0500. The summed E-state index contributed by atoms with van der Waals surface area (Å²) in [6, 6.07) is 5.53. The van der Waals surface area contributed by atoms with E-state index in [4.69, 9.17) is 28.9 Å². The molecule has 0 aromatic heterocycles. The van der Waals surface area contributed by atoms with Crippen molar-refractivity contribution >= 4 is 35.6 Å². The fourth-order valence-electron chi connectivity index (χ4n) is 1.47. The van der Waals surface area contributed by atoms with Crippen LogP contribution in [0.25, 0.3) is 0 Å². The standard InChI is InChI=1S/C12H17Cl2N.ClH/c1-8(2)3-4-12(15)9-5-10(13)7-11(14)6-9;/h5-8,12H,3-4,15H2,1-2H3;1H/t12-;/m1./s1. The van der Waals surface area contributed by atoms with Crippen LogP contribution in [0.3, 0.4) is 0 Å². The predicted octanol–water partition coefficient (Wildman–Crippen LogP) is 4.85. The Labute approximate surface area is 114 Å². The van der Waals surface area contributed by atoms with Gasteiger partial charge in [-0.05, 0) is 42.5 Å². The summed E-state index contributed by atoms with van der Waals surface area (Å²) >= 11 is 11.8. The first kappa shape index (κ1) is 16.1. The smallest absolute Gasteiger partial charge is 0.0424 e. The molecule has 92 valence electrons. The molecule has 1 nitrogen and oxygen atoms in total. The fraction of sp³-hybridized carbons (Fsp3) is 0.500. The van der Waals surface area contributed by atoms with Crippen LogP contribution in [-0.4, -0.2) is 0 Å². The highest BCUT2D eigenvalue weighted by molar-refractivity contribution is 6.34. The van der Waals surface area contributed by atoms with E-state index in [0.29, 0.717) is 16.0 Å². The summed E-state index contributed by atoms with van der Waals surface area (Å²) in [6.45, 7) is 4.38. The molecular formula is C12H18Cl3N. The third-order valence-corrected chi connectivity index (χ3v) is 2.80. The van der Waals surface area contributed by atoms with Crippen LogP contribution in [0, 0.1) is 5.92 Å². The zero-order chi connectivity index (χ0) is 11.4. The minimum atomic E-state index is 0. The van der Waals surface area contributed by atoms with Crippen LogP contribution < -0.4 is 5.73 Å². The topological polar surface area (TPSA) is 26.0 Å². The number of nitrogens with two attached hydrogens (primary N) is 1. The summed E-state index contributed by atoms with van der Waals surface area (Å²) in [5.41, 5.74) is 7.09. The number of halogens is 3. The van der Waals surface area contributed by atoms with Crippen LogP contribution in [0.2, 0.25) is 10.0 Å². The molecule has 0 fully saturated rings. The highest BCUT2D eigenvalue weighted by Crippen LogP contribution is 2.25. The summed E-state index contributed by atoms with van der Waals surface area (Å²) in [5, 5.41) is 1.30. The quantitative estimate of drug-likeness (QED) is 0.839. The molecule has 0 saturated heterocycles. The fourth-order valence-corrected chi connectivity index (χ4v) is 2.01. The van der Waals surface area contributed by atoms with Gasteiger partial charge in [0.05, 0.1) is 0 Å². The molecular weight excluding hydrogens is 264 g/mol. The van der Waals surface area contributed by atoms with Crippen LogP contribution in [0.4, 0.5) is 0 Å². The minimum Gasteiger partial charge on any atom is -0.324 e. The van der Waals surface area contributed by atoms with Crippen molar-refractivity contribution < 1.29 is 0 Å². The van der Waals surface area contributed by atoms with E-state index in [1.165, 1.54) is 0 Å². The zero-order valence-corrected chi connectivity index (χ0v) is 11.9. The van der Waals surface area contributed by atoms with E-state index in [9.17, 15) is 0 Å². The monoisotopic (exact) mass is 281 g/mol. The van der Waals surface area contributed by atoms with Crippen LogP contribution in [0.5, 0.6) is 0 Å². The maximum atomic E-state index is 6.06. The molecule has 2 N–H and O–H groups in total. The lowest BCUT2D eigenvalue weighted by molar-refractivity contribution is 0.507. The molecule has 4 heteroatoms. The van der Waals surface area contributed by atoms with Crippen LogP contribution in [0.15, 0.2) is 18.2 Å². The molecule has 0 aliphatic carbocycles. The first-order valence-electron chi connectivity index (χ1n) is 5.20. The van der Waals surface area contributed by atoms with E-state index in [2.05, 4.69) is 13.8 Å². The lowest BCUT2D eigenvalue weighted by Gasteiger charge is -2.14. The molecule has 0 radical (unpaired) electrons. The van der Waals surface area contributed by atoms with Crippen molar-refractivity contribution in [2.45, 2.75) is 32.7 Å². The van der Waals surface area contributed by atoms with Gasteiger partial charge in [-0.25, -0.2) is 0 Å². The minimum absolute atomic E-state index is 0. The Balaban J connectivity index is 0.00000225. The van der Waals surface area contributed by atoms with Gasteiger partial charge in [0, 0.05) is 16.1 Å². The molecule has 0 heterocycles. The third kappa shape index (κ3) is 5.40. The van der Waals surface area contributed by atoms with E-state index in [1.807, 2.05) is 12.1 Å². The molecule has 1 atom stereocenters. The van der Waals surface area contributed by atoms with E-state index in [-0.39, 0.29) is 18.4 Å². The molecule has 0 spiro atoms. The molecule has 16 heavy (non-hydrogen) atoms. The number of rotatable bonds is 4. The second kappa shape index (κ2) is 7.39. The van der Waals surface area contributed by atoms with E-state index >= 15 is 0 Å². The highest BCUT2D eigenvalue weighted by atomic mass is 35.5. The Morgan fingerprint density at radius 1 is 1.06 bits per heavy atom. The first-order chi connectivity index (χ1) is 6.99. The van der Waals surface area contributed by atoms with E-state index in [1.54, 1.807) is 6.07 Å². The molecule has 0 amide bonds. The summed E-state index contributed by atoms with van der Waals surface area (Å²) < 4.78 is 0. The van der Waals surface area contributed by atoms with Crippen molar-refractivity contribution in [2.75, 3.05) is 0 Å². The predicted molar refractivity (Wildman–Crippen MR) is 74.7 cm³/mol. The SMILES string of the molecule is CC(C)CC[C@@H](N)c1cc(Cl)cc(Cl)c1.Cl. The largest absolute Gasteiger partial charge is 0.324 e. The van der Waals surface area contributed by atoms with Gasteiger partial charge in [-0.15, -0.1) is 12.4 Å². The van der Waals surface area contributed by atoms with Gasteiger partial charge in [0.1, 0.15) is 0 Å². The molecule has 0 unspecified atom stereocenters. The Bertz CT molecular complexity index is 306. The molecule has 0 bridgehead atoms. The van der Waals surface area contributed by atoms with Gasteiger partial charge in [0.25, 0.3) is 0 Å². The molecule has 0 aliphatic rings. The summed E-state index contributed by atoms with van der Waals surface area (Å²) in [4.78, 5) is 0. The van der Waals surface area contributed by atoms with Crippen molar-refractivity contribution in [1.29, 1.82) is 0 Å². The van der Waals surface area contributed by atoms with Gasteiger partial charge in [-0.3, -0.25) is 0 Å². The first-order valence-corrected chi connectivity index (χ1v) is 5.96. The maximum Gasteiger partial charge on any atom is 0.0424 e. The normalized spacial score (nSPS) is 12.4. The van der Waals surface area contributed by atoms with E-state index < -0.39 is 0 Å². The second-order valence-electron chi connectivity index (χ2n) is 4.28. The third-order valence-electron chi connectivity index (χ3n) is 2.37.